The first-order valence-corrected chi connectivity index (χ1v) is 10.1. The first-order valence-electron chi connectivity index (χ1n) is 6.69. The van der Waals surface area contributed by atoms with Gasteiger partial charge in [-0.15, -0.1) is 0 Å². The maximum atomic E-state index is 9.75. The molecule has 0 aromatic heterocycles. The van der Waals surface area contributed by atoms with Crippen molar-refractivity contribution in [3.05, 3.63) is 0 Å². The zero-order valence-electron chi connectivity index (χ0n) is 12.1. The molecule has 2 nitrogen and oxygen atoms in total. The number of hydrogen-bond acceptors (Lipinski definition) is 2. The molecule has 2 bridgehead atoms. The lowest BCUT2D eigenvalue weighted by atomic mass is 9.65. The predicted molar refractivity (Wildman–Crippen MR) is 72.0 cm³/mol. The molecule has 2 aliphatic carbocycles. The zero-order chi connectivity index (χ0) is 13.1. The van der Waals surface area contributed by atoms with E-state index in [-0.39, 0.29) is 10.8 Å². The zero-order valence-corrected chi connectivity index (χ0v) is 13.1. The van der Waals surface area contributed by atoms with Crippen molar-refractivity contribution in [2.75, 3.05) is 0 Å². The highest BCUT2D eigenvalue weighted by atomic mass is 28.4. The van der Waals surface area contributed by atoms with Gasteiger partial charge in [-0.1, -0.05) is 20.8 Å². The first-order chi connectivity index (χ1) is 7.58. The van der Waals surface area contributed by atoms with Crippen molar-refractivity contribution in [3.8, 4) is 6.07 Å². The maximum absolute atomic E-state index is 9.75. The highest BCUT2D eigenvalue weighted by Crippen LogP contribution is 2.70. The predicted octanol–water partition coefficient (Wildman–Crippen LogP) is 3.95. The summed E-state index contributed by atoms with van der Waals surface area (Å²) in [6.07, 6.45) is 3.35. The molecule has 2 fully saturated rings. The Hall–Kier alpha value is -0.333. The first kappa shape index (κ1) is 13.1. The lowest BCUT2D eigenvalue weighted by Gasteiger charge is -2.46. The fourth-order valence-electron chi connectivity index (χ4n) is 4.12. The van der Waals surface area contributed by atoms with E-state index in [1.54, 1.807) is 0 Å². The molecule has 0 aromatic rings. The van der Waals surface area contributed by atoms with Crippen LogP contribution >= 0.6 is 0 Å². The Morgan fingerprint density at radius 3 is 2.12 bits per heavy atom. The SMILES string of the molecule is CC1(C)[C@@H]2CC[C@@]1(C)[C@](C#N)(O[Si](C)(C)C)C2. The second-order valence-corrected chi connectivity index (χ2v) is 12.1. The van der Waals surface area contributed by atoms with E-state index in [1.807, 2.05) is 0 Å². The van der Waals surface area contributed by atoms with E-state index in [0.29, 0.717) is 5.92 Å². The van der Waals surface area contributed by atoms with Crippen LogP contribution in [0.15, 0.2) is 0 Å². The Morgan fingerprint density at radius 1 is 1.24 bits per heavy atom. The van der Waals surface area contributed by atoms with Crippen LogP contribution in [0.4, 0.5) is 0 Å². The third-order valence-corrected chi connectivity index (χ3v) is 6.48. The third kappa shape index (κ3) is 1.53. The smallest absolute Gasteiger partial charge is 0.185 e. The minimum atomic E-state index is -1.69. The molecule has 0 N–H and O–H groups in total. The van der Waals surface area contributed by atoms with E-state index in [0.717, 1.165) is 12.8 Å². The summed E-state index contributed by atoms with van der Waals surface area (Å²) >= 11 is 0. The number of fused-ring (bicyclic) bond motifs is 2. The number of hydrogen-bond donors (Lipinski definition) is 0. The Morgan fingerprint density at radius 2 is 1.82 bits per heavy atom. The average molecular weight is 251 g/mol. The standard InChI is InChI=1S/C14H25NOSi/c1-12(2)11-7-8-13(12,3)14(9-11,10-15)16-17(4,5)6/h11H,7-9H2,1-6H3/t11-,13-,14+/m1/s1. The Labute approximate surface area is 106 Å². The topological polar surface area (TPSA) is 33.0 Å². The van der Waals surface area contributed by atoms with Crippen molar-refractivity contribution < 1.29 is 4.43 Å². The number of nitrogens with zero attached hydrogens (tertiary/aromatic N) is 1. The second kappa shape index (κ2) is 3.36. The molecule has 2 aliphatic rings. The summed E-state index contributed by atoms with van der Waals surface area (Å²) < 4.78 is 6.39. The Bertz CT molecular complexity index is 379. The molecular weight excluding hydrogens is 226 g/mol. The van der Waals surface area contributed by atoms with Gasteiger partial charge < -0.3 is 4.43 Å². The molecule has 2 rings (SSSR count). The fourth-order valence-corrected chi connectivity index (χ4v) is 5.52. The van der Waals surface area contributed by atoms with Gasteiger partial charge in [0, 0.05) is 5.41 Å². The summed E-state index contributed by atoms with van der Waals surface area (Å²) in [5.74, 6) is 0.656. The minimum Gasteiger partial charge on any atom is -0.399 e. The van der Waals surface area contributed by atoms with Crippen LogP contribution in [0.5, 0.6) is 0 Å². The summed E-state index contributed by atoms with van der Waals surface area (Å²) in [6, 6.07) is 2.57. The molecule has 17 heavy (non-hydrogen) atoms. The fraction of sp³-hybridized carbons (Fsp3) is 0.929. The van der Waals surface area contributed by atoms with Crippen molar-refractivity contribution >= 4 is 8.32 Å². The lowest BCUT2D eigenvalue weighted by Crippen LogP contribution is -2.53. The average Bonchev–Trinajstić information content (AvgIpc) is 2.47. The van der Waals surface area contributed by atoms with E-state index in [2.05, 4.69) is 46.5 Å². The Kier molecular flexibility index (Phi) is 2.59. The summed E-state index contributed by atoms with van der Waals surface area (Å²) in [6.45, 7) is 13.5. The molecule has 0 unspecified atom stereocenters. The largest absolute Gasteiger partial charge is 0.399 e. The highest BCUT2D eigenvalue weighted by Gasteiger charge is 2.70. The summed E-state index contributed by atoms with van der Waals surface area (Å²) in [7, 11) is -1.69. The van der Waals surface area contributed by atoms with E-state index < -0.39 is 13.9 Å². The second-order valence-electron chi connectivity index (χ2n) is 7.65. The molecule has 0 aromatic carbocycles. The molecular formula is C14H25NOSi. The molecule has 0 radical (unpaired) electrons. The van der Waals surface area contributed by atoms with Crippen molar-refractivity contribution in [2.45, 2.75) is 65.3 Å². The van der Waals surface area contributed by atoms with Gasteiger partial charge in [0.05, 0.1) is 6.07 Å². The molecule has 0 spiro atoms. The monoisotopic (exact) mass is 251 g/mol. The van der Waals surface area contributed by atoms with E-state index in [1.165, 1.54) is 6.42 Å². The third-order valence-electron chi connectivity index (χ3n) is 5.52. The summed E-state index contributed by atoms with van der Waals surface area (Å²) in [4.78, 5) is 0. The Balaban J connectivity index is 2.43. The summed E-state index contributed by atoms with van der Waals surface area (Å²) in [5.41, 5.74) is -0.258. The van der Waals surface area contributed by atoms with Gasteiger partial charge in [-0.3, -0.25) is 0 Å². The van der Waals surface area contributed by atoms with Gasteiger partial charge in [-0.2, -0.15) is 5.26 Å². The molecule has 96 valence electrons. The maximum Gasteiger partial charge on any atom is 0.185 e. The van der Waals surface area contributed by atoms with Crippen LogP contribution in [0, 0.1) is 28.1 Å². The molecule has 2 saturated carbocycles. The van der Waals surface area contributed by atoms with Crippen LogP contribution in [-0.2, 0) is 4.43 Å². The quantitative estimate of drug-likeness (QED) is 0.696. The number of nitriles is 1. The van der Waals surface area contributed by atoms with Gasteiger partial charge in [-0.05, 0) is 50.2 Å². The van der Waals surface area contributed by atoms with Crippen LogP contribution in [0.25, 0.3) is 0 Å². The van der Waals surface area contributed by atoms with Crippen LogP contribution < -0.4 is 0 Å². The lowest BCUT2D eigenvalue weighted by molar-refractivity contribution is -0.0306. The molecule has 0 amide bonds. The van der Waals surface area contributed by atoms with Crippen LogP contribution in [0.2, 0.25) is 19.6 Å². The van der Waals surface area contributed by atoms with Gasteiger partial charge in [-0.25, -0.2) is 0 Å². The van der Waals surface area contributed by atoms with Crippen molar-refractivity contribution in [2.24, 2.45) is 16.7 Å². The number of rotatable bonds is 2. The van der Waals surface area contributed by atoms with Crippen LogP contribution in [-0.4, -0.2) is 13.9 Å². The van der Waals surface area contributed by atoms with Gasteiger partial charge >= 0.3 is 0 Å². The van der Waals surface area contributed by atoms with Crippen molar-refractivity contribution in [1.82, 2.24) is 0 Å². The van der Waals surface area contributed by atoms with Gasteiger partial charge in [0.2, 0.25) is 0 Å². The van der Waals surface area contributed by atoms with Gasteiger partial charge in [0.1, 0.15) is 5.60 Å². The normalized spacial score (nSPS) is 43.7. The van der Waals surface area contributed by atoms with Crippen LogP contribution in [0.1, 0.15) is 40.0 Å². The van der Waals surface area contributed by atoms with E-state index in [4.69, 9.17) is 4.43 Å². The highest BCUT2D eigenvalue weighted by molar-refractivity contribution is 6.69. The molecule has 3 atom stereocenters. The minimum absolute atomic E-state index is 0.0275. The van der Waals surface area contributed by atoms with Crippen LogP contribution in [0.3, 0.4) is 0 Å². The van der Waals surface area contributed by atoms with Crippen molar-refractivity contribution in [1.29, 1.82) is 5.26 Å². The van der Waals surface area contributed by atoms with E-state index >= 15 is 0 Å². The molecule has 0 saturated heterocycles. The molecule has 0 aliphatic heterocycles. The van der Waals surface area contributed by atoms with Gasteiger partial charge in [0.15, 0.2) is 8.32 Å². The molecule has 0 heterocycles. The molecule has 3 heteroatoms. The summed E-state index contributed by atoms with van der Waals surface area (Å²) in [5, 5.41) is 9.75. The van der Waals surface area contributed by atoms with E-state index in [9.17, 15) is 5.26 Å². The van der Waals surface area contributed by atoms with Gasteiger partial charge in [0.25, 0.3) is 0 Å². The van der Waals surface area contributed by atoms with Crippen molar-refractivity contribution in [3.63, 3.8) is 0 Å².